The van der Waals surface area contributed by atoms with Gasteiger partial charge in [0, 0.05) is 35.1 Å². The van der Waals surface area contributed by atoms with Crippen molar-refractivity contribution in [1.82, 2.24) is 10.2 Å². The van der Waals surface area contributed by atoms with Crippen LogP contribution in [0.15, 0.2) is 42.5 Å². The number of nitrogens with zero attached hydrogens (tertiary/aromatic N) is 2. The van der Waals surface area contributed by atoms with Crippen LogP contribution in [0.2, 0.25) is 5.02 Å². The summed E-state index contributed by atoms with van der Waals surface area (Å²) < 4.78 is 6.01. The fourth-order valence-electron chi connectivity index (χ4n) is 2.99. The van der Waals surface area contributed by atoms with Crippen LogP contribution in [0.25, 0.3) is 0 Å². The number of hydrogen-bond donors (Lipinski definition) is 1. The number of halogens is 1. The van der Waals surface area contributed by atoms with Crippen LogP contribution in [0.5, 0.6) is 11.5 Å². The number of hydrogen-bond acceptors (Lipinski definition) is 5. The lowest BCUT2D eigenvalue weighted by atomic mass is 10.2. The van der Waals surface area contributed by atoms with Gasteiger partial charge in [-0.1, -0.05) is 29.8 Å². The first kappa shape index (κ1) is 22.5. The van der Waals surface area contributed by atoms with Crippen LogP contribution in [0.1, 0.15) is 12.0 Å². The quantitative estimate of drug-likeness (QED) is 0.624. The Kier molecular flexibility index (Phi) is 8.01. The highest BCUT2D eigenvalue weighted by molar-refractivity contribution is 7.99. The molecule has 1 heterocycles. The van der Waals surface area contributed by atoms with E-state index in [0.717, 1.165) is 23.6 Å². The normalized spacial score (nSPS) is 12.6. The molecule has 160 valence electrons. The summed E-state index contributed by atoms with van der Waals surface area (Å²) in [5, 5.41) is 3.26. The maximum absolute atomic E-state index is 13.0. The van der Waals surface area contributed by atoms with Crippen LogP contribution in [-0.4, -0.2) is 55.4 Å². The van der Waals surface area contributed by atoms with E-state index in [1.165, 1.54) is 0 Å². The summed E-state index contributed by atoms with van der Waals surface area (Å²) in [6.07, 6.45) is 0.389. The number of fused-ring (bicyclic) bond motifs is 2. The summed E-state index contributed by atoms with van der Waals surface area (Å²) in [5.41, 5.74) is 1.49. The molecule has 2 aromatic rings. The molecule has 30 heavy (non-hydrogen) atoms. The Morgan fingerprint density at radius 1 is 1.17 bits per heavy atom. The average molecular weight is 448 g/mol. The third-order valence-corrected chi connectivity index (χ3v) is 5.83. The van der Waals surface area contributed by atoms with E-state index >= 15 is 0 Å². The number of amides is 2. The zero-order valence-corrected chi connectivity index (χ0v) is 18.8. The molecule has 2 aromatic carbocycles. The molecule has 0 saturated heterocycles. The second kappa shape index (κ2) is 10.7. The Morgan fingerprint density at radius 2 is 1.97 bits per heavy atom. The van der Waals surface area contributed by atoms with Crippen molar-refractivity contribution in [2.24, 2.45) is 0 Å². The summed E-state index contributed by atoms with van der Waals surface area (Å²) in [4.78, 5) is 28.9. The minimum absolute atomic E-state index is 0.0741. The van der Waals surface area contributed by atoms with Crippen molar-refractivity contribution in [2.75, 3.05) is 43.6 Å². The second-order valence-corrected chi connectivity index (χ2v) is 8.91. The second-order valence-electron chi connectivity index (χ2n) is 7.24. The van der Waals surface area contributed by atoms with E-state index < -0.39 is 0 Å². The molecule has 0 spiro atoms. The minimum atomic E-state index is -0.215. The van der Waals surface area contributed by atoms with Gasteiger partial charge in [0.1, 0.15) is 5.75 Å². The molecule has 0 aliphatic carbocycles. The monoisotopic (exact) mass is 447 g/mol. The van der Waals surface area contributed by atoms with Crippen molar-refractivity contribution in [3.05, 3.63) is 53.1 Å². The smallest absolute Gasteiger partial charge is 0.246 e. The van der Waals surface area contributed by atoms with Gasteiger partial charge >= 0.3 is 0 Å². The third-order valence-electron chi connectivity index (χ3n) is 4.63. The average Bonchev–Trinajstić information content (AvgIpc) is 2.88. The molecule has 0 atom stereocenters. The van der Waals surface area contributed by atoms with Crippen molar-refractivity contribution in [3.63, 3.8) is 0 Å². The Bertz CT molecular complexity index is 907. The van der Waals surface area contributed by atoms with E-state index in [1.54, 1.807) is 34.9 Å². The molecule has 0 fully saturated rings. The number of benzene rings is 2. The highest BCUT2D eigenvalue weighted by Gasteiger charge is 2.25. The Morgan fingerprint density at radius 3 is 2.77 bits per heavy atom. The Hall–Kier alpha value is -2.22. The number of rotatable bonds is 8. The van der Waals surface area contributed by atoms with Gasteiger partial charge in [0.2, 0.25) is 11.8 Å². The van der Waals surface area contributed by atoms with Crippen LogP contribution < -0.4 is 15.0 Å². The zero-order valence-electron chi connectivity index (χ0n) is 17.2. The van der Waals surface area contributed by atoms with Gasteiger partial charge in [-0.05, 0) is 38.4 Å². The molecule has 0 saturated carbocycles. The summed E-state index contributed by atoms with van der Waals surface area (Å²) in [6, 6.07) is 12.8. The van der Waals surface area contributed by atoms with E-state index in [9.17, 15) is 9.59 Å². The van der Waals surface area contributed by atoms with Crippen molar-refractivity contribution in [1.29, 1.82) is 0 Å². The zero-order chi connectivity index (χ0) is 21.5. The molecule has 2 amide bonds. The summed E-state index contributed by atoms with van der Waals surface area (Å²) >= 11 is 7.90. The molecule has 1 aliphatic heterocycles. The standard InChI is InChI=1S/C22H26ClN3O3S/c1-25(2)10-12-30-11-9-21(27)24-14-22(28)26-15-16-5-3-4-6-19(16)29-20-8-7-17(23)13-18(20)26/h3-8,13H,9-12,14-15H2,1-2H3,(H,24,27). The molecule has 1 aliphatic rings. The van der Waals surface area contributed by atoms with Crippen LogP contribution in [0.4, 0.5) is 5.69 Å². The number of carbonyl (C=O) groups is 2. The van der Waals surface area contributed by atoms with Crippen molar-refractivity contribution < 1.29 is 14.3 Å². The minimum Gasteiger partial charge on any atom is -0.455 e. The van der Waals surface area contributed by atoms with Crippen molar-refractivity contribution in [3.8, 4) is 11.5 Å². The lowest BCUT2D eigenvalue weighted by Gasteiger charge is -2.22. The Balaban J connectivity index is 1.62. The maximum Gasteiger partial charge on any atom is 0.246 e. The number of carbonyl (C=O) groups excluding carboxylic acids is 2. The van der Waals surface area contributed by atoms with E-state index in [-0.39, 0.29) is 18.4 Å². The van der Waals surface area contributed by atoms with Crippen LogP contribution in [0, 0.1) is 0 Å². The van der Waals surface area contributed by atoms with Gasteiger partial charge in [0.05, 0.1) is 18.8 Å². The summed E-state index contributed by atoms with van der Waals surface area (Å²) in [5.74, 6) is 2.63. The number of ether oxygens (including phenoxy) is 1. The number of para-hydroxylation sites is 1. The first-order chi connectivity index (χ1) is 14.4. The van der Waals surface area contributed by atoms with Gasteiger partial charge in [0.25, 0.3) is 0 Å². The number of nitrogens with one attached hydrogen (secondary N) is 1. The predicted octanol–water partition coefficient (Wildman–Crippen LogP) is 3.78. The van der Waals surface area contributed by atoms with E-state index in [2.05, 4.69) is 10.2 Å². The lowest BCUT2D eigenvalue weighted by molar-refractivity contribution is -0.124. The number of anilines is 1. The topological polar surface area (TPSA) is 61.9 Å². The highest BCUT2D eigenvalue weighted by atomic mass is 35.5. The van der Waals surface area contributed by atoms with E-state index in [4.69, 9.17) is 16.3 Å². The van der Waals surface area contributed by atoms with Crippen LogP contribution in [0.3, 0.4) is 0 Å². The summed E-state index contributed by atoms with van der Waals surface area (Å²) in [7, 11) is 4.05. The predicted molar refractivity (Wildman–Crippen MR) is 123 cm³/mol. The maximum atomic E-state index is 13.0. The molecule has 1 N–H and O–H groups in total. The SMILES string of the molecule is CN(C)CCSCCC(=O)NCC(=O)N1Cc2ccccc2Oc2ccc(Cl)cc21. The van der Waals surface area contributed by atoms with Gasteiger partial charge in [-0.2, -0.15) is 11.8 Å². The largest absolute Gasteiger partial charge is 0.455 e. The molecule has 8 heteroatoms. The third kappa shape index (κ3) is 6.14. The lowest BCUT2D eigenvalue weighted by Crippen LogP contribution is -2.40. The molecule has 0 bridgehead atoms. The highest BCUT2D eigenvalue weighted by Crippen LogP contribution is 2.40. The van der Waals surface area contributed by atoms with Crippen molar-refractivity contribution in [2.45, 2.75) is 13.0 Å². The first-order valence-electron chi connectivity index (χ1n) is 9.79. The molecule has 0 unspecified atom stereocenters. The number of thioether (sulfide) groups is 1. The molecule has 0 aromatic heterocycles. The van der Waals surface area contributed by atoms with Gasteiger partial charge < -0.3 is 19.9 Å². The Labute approximate surface area is 186 Å². The molecule has 3 rings (SSSR count). The van der Waals surface area contributed by atoms with E-state index in [1.807, 2.05) is 38.4 Å². The van der Waals surface area contributed by atoms with Gasteiger partial charge in [0.15, 0.2) is 5.75 Å². The van der Waals surface area contributed by atoms with E-state index in [0.29, 0.717) is 35.2 Å². The summed E-state index contributed by atoms with van der Waals surface area (Å²) in [6.45, 7) is 1.25. The molecular formula is C22H26ClN3O3S. The van der Waals surface area contributed by atoms with Crippen LogP contribution >= 0.6 is 23.4 Å². The van der Waals surface area contributed by atoms with Gasteiger partial charge in [-0.25, -0.2) is 0 Å². The van der Waals surface area contributed by atoms with Gasteiger partial charge in [-0.3, -0.25) is 9.59 Å². The van der Waals surface area contributed by atoms with Crippen LogP contribution in [-0.2, 0) is 16.1 Å². The molecule has 0 radical (unpaired) electrons. The first-order valence-corrected chi connectivity index (χ1v) is 11.3. The van der Waals surface area contributed by atoms with Crippen molar-refractivity contribution >= 4 is 40.9 Å². The molecule has 6 nitrogen and oxygen atoms in total. The molecular weight excluding hydrogens is 422 g/mol. The fourth-order valence-corrected chi connectivity index (χ4v) is 4.18. The fraction of sp³-hybridized carbons (Fsp3) is 0.364. The van der Waals surface area contributed by atoms with Gasteiger partial charge in [-0.15, -0.1) is 0 Å².